The molecule has 25 heavy (non-hydrogen) atoms. The molecule has 6 heteroatoms. The van der Waals surface area contributed by atoms with Crippen LogP contribution in [0.5, 0.6) is 0 Å². The highest BCUT2D eigenvalue weighted by Crippen LogP contribution is 2.37. The average molecular weight is 333 g/mol. The molecule has 1 aliphatic rings. The van der Waals surface area contributed by atoms with Gasteiger partial charge in [-0.1, -0.05) is 42.5 Å². The summed E-state index contributed by atoms with van der Waals surface area (Å²) in [6, 6.07) is 15.7. The molecule has 0 bridgehead atoms. The Morgan fingerprint density at radius 3 is 2.80 bits per heavy atom. The lowest BCUT2D eigenvalue weighted by atomic mass is 9.93. The number of fused-ring (bicyclic) bond motifs is 3. The molecule has 0 unspecified atom stereocenters. The van der Waals surface area contributed by atoms with Gasteiger partial charge < -0.3 is 11.1 Å². The van der Waals surface area contributed by atoms with Gasteiger partial charge in [0.05, 0.1) is 17.9 Å². The zero-order valence-corrected chi connectivity index (χ0v) is 13.9. The van der Waals surface area contributed by atoms with Gasteiger partial charge in [-0.15, -0.1) is 5.10 Å². The van der Waals surface area contributed by atoms with Crippen molar-refractivity contribution in [3.63, 3.8) is 0 Å². The molecule has 1 atom stereocenters. The van der Waals surface area contributed by atoms with Crippen LogP contribution in [-0.2, 0) is 6.54 Å². The molecule has 0 saturated carbocycles. The van der Waals surface area contributed by atoms with Gasteiger partial charge in [-0.25, -0.2) is 4.68 Å². The van der Waals surface area contributed by atoms with Crippen LogP contribution in [0, 0.1) is 0 Å². The molecule has 6 nitrogen and oxygen atoms in total. The maximum Gasteiger partial charge on any atom is 0.248 e. The Hall–Kier alpha value is -3.15. The third-order valence-corrected chi connectivity index (χ3v) is 4.67. The largest absolute Gasteiger partial charge is 0.383 e. The highest BCUT2D eigenvalue weighted by atomic mass is 16.1. The van der Waals surface area contributed by atoms with Crippen molar-refractivity contribution < 1.29 is 4.79 Å². The monoisotopic (exact) mass is 333 g/mol. The van der Waals surface area contributed by atoms with Crippen LogP contribution in [0.25, 0.3) is 11.3 Å². The van der Waals surface area contributed by atoms with Crippen LogP contribution in [0.2, 0.25) is 0 Å². The molecule has 0 aliphatic carbocycles. The number of carbonyl (C=O) groups is 1. The summed E-state index contributed by atoms with van der Waals surface area (Å²) in [6.45, 7) is 3.56. The number of nitrogens with zero attached hydrogens (tertiary/aromatic N) is 3. The van der Waals surface area contributed by atoms with E-state index in [0.717, 1.165) is 22.6 Å². The molecule has 1 amide bonds. The second kappa shape index (κ2) is 6.05. The first-order valence-corrected chi connectivity index (χ1v) is 8.31. The number of aromatic nitrogens is 3. The lowest BCUT2D eigenvalue weighted by Gasteiger charge is -2.14. The van der Waals surface area contributed by atoms with Crippen molar-refractivity contribution in [3.8, 4) is 11.3 Å². The minimum atomic E-state index is -0.432. The van der Waals surface area contributed by atoms with Crippen molar-refractivity contribution in [2.75, 3.05) is 11.9 Å². The Balaban J connectivity index is 1.86. The molecule has 0 saturated heterocycles. The SMILES string of the molecule is C[C@@H](c1ccccc1)c1nnn2c1-c1ccc(C(N)=O)cc1NCC2. The third kappa shape index (κ3) is 2.65. The molecule has 1 aromatic heterocycles. The van der Waals surface area contributed by atoms with Gasteiger partial charge in [0.15, 0.2) is 0 Å². The molecule has 2 aromatic carbocycles. The highest BCUT2D eigenvalue weighted by Gasteiger charge is 2.25. The molecule has 1 aliphatic heterocycles. The topological polar surface area (TPSA) is 85.8 Å². The number of hydrogen-bond acceptors (Lipinski definition) is 4. The van der Waals surface area contributed by atoms with E-state index in [9.17, 15) is 4.79 Å². The van der Waals surface area contributed by atoms with Crippen molar-refractivity contribution in [2.24, 2.45) is 5.73 Å². The quantitative estimate of drug-likeness (QED) is 0.771. The van der Waals surface area contributed by atoms with Crippen LogP contribution < -0.4 is 11.1 Å². The minimum absolute atomic E-state index is 0.117. The van der Waals surface area contributed by atoms with Gasteiger partial charge in [0.2, 0.25) is 5.91 Å². The van der Waals surface area contributed by atoms with Crippen LogP contribution in [0.15, 0.2) is 48.5 Å². The number of primary amides is 1. The van der Waals surface area contributed by atoms with Crippen molar-refractivity contribution in [1.29, 1.82) is 0 Å². The van der Waals surface area contributed by atoms with Crippen molar-refractivity contribution >= 4 is 11.6 Å². The Morgan fingerprint density at radius 2 is 2.04 bits per heavy atom. The lowest BCUT2D eigenvalue weighted by Crippen LogP contribution is -2.12. The van der Waals surface area contributed by atoms with Gasteiger partial charge in [0, 0.05) is 29.3 Å². The second-order valence-corrected chi connectivity index (χ2v) is 6.23. The lowest BCUT2D eigenvalue weighted by molar-refractivity contribution is 0.100. The molecule has 0 radical (unpaired) electrons. The molecule has 0 fully saturated rings. The highest BCUT2D eigenvalue weighted by molar-refractivity contribution is 5.95. The van der Waals surface area contributed by atoms with Crippen LogP contribution in [-0.4, -0.2) is 27.4 Å². The second-order valence-electron chi connectivity index (χ2n) is 6.23. The average Bonchev–Trinajstić information content (AvgIpc) is 2.96. The normalized spacial score (nSPS) is 14.0. The van der Waals surface area contributed by atoms with E-state index in [4.69, 9.17) is 5.73 Å². The molecule has 2 heterocycles. The Labute approximate surface area is 145 Å². The van der Waals surface area contributed by atoms with Gasteiger partial charge in [-0.05, 0) is 23.8 Å². The number of nitrogens with one attached hydrogen (secondary N) is 1. The van der Waals surface area contributed by atoms with Gasteiger partial charge in [-0.3, -0.25) is 4.79 Å². The summed E-state index contributed by atoms with van der Waals surface area (Å²) in [4.78, 5) is 11.5. The summed E-state index contributed by atoms with van der Waals surface area (Å²) in [5.74, 6) is -0.315. The first-order valence-electron chi connectivity index (χ1n) is 8.31. The van der Waals surface area contributed by atoms with E-state index < -0.39 is 5.91 Å². The molecular formula is C19H19N5O. The summed E-state index contributed by atoms with van der Waals surface area (Å²) in [6.07, 6.45) is 0. The van der Waals surface area contributed by atoms with Crippen LogP contribution >= 0.6 is 0 Å². The summed E-state index contributed by atoms with van der Waals surface area (Å²) in [5, 5.41) is 12.2. The Kier molecular flexibility index (Phi) is 3.72. The standard InChI is InChI=1S/C19H19N5O/c1-12(13-5-3-2-4-6-13)17-18-15-8-7-14(19(20)25)11-16(15)21-9-10-24(18)23-22-17/h2-8,11-12,21H,9-10H2,1H3,(H2,20,25)/t12-/m0/s1. The Morgan fingerprint density at radius 1 is 1.24 bits per heavy atom. The van der Waals surface area contributed by atoms with E-state index >= 15 is 0 Å². The zero-order valence-electron chi connectivity index (χ0n) is 13.9. The van der Waals surface area contributed by atoms with E-state index in [1.54, 1.807) is 12.1 Å². The van der Waals surface area contributed by atoms with Crippen molar-refractivity contribution in [2.45, 2.75) is 19.4 Å². The Bertz CT molecular complexity index is 932. The maximum absolute atomic E-state index is 11.5. The van der Waals surface area contributed by atoms with Crippen LogP contribution in [0.1, 0.15) is 34.5 Å². The number of carbonyl (C=O) groups excluding carboxylic acids is 1. The zero-order chi connectivity index (χ0) is 17.4. The minimum Gasteiger partial charge on any atom is -0.383 e. The molecule has 3 aromatic rings. The van der Waals surface area contributed by atoms with Gasteiger partial charge in [-0.2, -0.15) is 0 Å². The van der Waals surface area contributed by atoms with Crippen LogP contribution in [0.4, 0.5) is 5.69 Å². The van der Waals surface area contributed by atoms with Crippen LogP contribution in [0.3, 0.4) is 0 Å². The predicted molar refractivity (Wildman–Crippen MR) is 96.4 cm³/mol. The van der Waals surface area contributed by atoms with Gasteiger partial charge in [0.1, 0.15) is 0 Å². The van der Waals surface area contributed by atoms with E-state index in [-0.39, 0.29) is 5.92 Å². The maximum atomic E-state index is 11.5. The van der Waals surface area contributed by atoms with E-state index in [0.29, 0.717) is 18.7 Å². The summed E-state index contributed by atoms with van der Waals surface area (Å²) >= 11 is 0. The fraction of sp³-hybridized carbons (Fsp3) is 0.211. The molecule has 126 valence electrons. The first-order chi connectivity index (χ1) is 12.1. The van der Waals surface area contributed by atoms with Crippen molar-refractivity contribution in [3.05, 3.63) is 65.4 Å². The number of nitrogens with two attached hydrogens (primary N) is 1. The first kappa shape index (κ1) is 15.4. The number of rotatable bonds is 3. The van der Waals surface area contributed by atoms with E-state index in [2.05, 4.69) is 34.7 Å². The summed E-state index contributed by atoms with van der Waals surface area (Å²) in [5.41, 5.74) is 10.9. The number of hydrogen-bond donors (Lipinski definition) is 2. The summed E-state index contributed by atoms with van der Waals surface area (Å²) < 4.78 is 1.93. The van der Waals surface area contributed by atoms with Crippen molar-refractivity contribution in [1.82, 2.24) is 15.0 Å². The van der Waals surface area contributed by atoms with Gasteiger partial charge >= 0.3 is 0 Å². The molecular weight excluding hydrogens is 314 g/mol. The molecule has 4 rings (SSSR count). The van der Waals surface area contributed by atoms with E-state index in [1.807, 2.05) is 28.9 Å². The smallest absolute Gasteiger partial charge is 0.248 e. The predicted octanol–water partition coefficient (Wildman–Crippen LogP) is 2.62. The molecule has 3 N–H and O–H groups in total. The number of anilines is 1. The molecule has 0 spiro atoms. The van der Waals surface area contributed by atoms with E-state index in [1.165, 1.54) is 5.56 Å². The summed E-state index contributed by atoms with van der Waals surface area (Å²) in [7, 11) is 0. The fourth-order valence-electron chi connectivity index (χ4n) is 3.30. The third-order valence-electron chi connectivity index (χ3n) is 4.67. The number of amides is 1. The fourth-order valence-corrected chi connectivity index (χ4v) is 3.30. The van der Waals surface area contributed by atoms with Gasteiger partial charge in [0.25, 0.3) is 0 Å². The number of benzene rings is 2.